The van der Waals surface area contributed by atoms with E-state index in [9.17, 15) is 13.2 Å². The summed E-state index contributed by atoms with van der Waals surface area (Å²) < 4.78 is 36.2. The summed E-state index contributed by atoms with van der Waals surface area (Å²) in [7, 11) is 0. The van der Waals surface area contributed by atoms with Crippen molar-refractivity contribution in [2.24, 2.45) is 0 Å². The number of alkyl halides is 3. The summed E-state index contributed by atoms with van der Waals surface area (Å²) in [6.45, 7) is 2.50. The molecule has 1 aliphatic carbocycles. The summed E-state index contributed by atoms with van der Waals surface area (Å²) in [5.74, 6) is 0.264. The van der Waals surface area contributed by atoms with Crippen molar-refractivity contribution in [3.8, 4) is 0 Å². The van der Waals surface area contributed by atoms with Crippen molar-refractivity contribution in [2.45, 2.75) is 51.4 Å². The number of rotatable bonds is 5. The number of hydrogen-bond acceptors (Lipinski definition) is 3. The van der Waals surface area contributed by atoms with Crippen molar-refractivity contribution in [3.63, 3.8) is 0 Å². The molecule has 6 heteroatoms. The lowest BCUT2D eigenvalue weighted by atomic mass is 10.2. The van der Waals surface area contributed by atoms with Gasteiger partial charge in [0, 0.05) is 36.5 Å². The van der Waals surface area contributed by atoms with Crippen LogP contribution in [-0.2, 0) is 13.0 Å². The van der Waals surface area contributed by atoms with E-state index >= 15 is 0 Å². The molecule has 1 N–H and O–H groups in total. The van der Waals surface area contributed by atoms with E-state index in [0.717, 1.165) is 11.3 Å². The summed E-state index contributed by atoms with van der Waals surface area (Å²) in [4.78, 5) is 8.11. The third-order valence-corrected chi connectivity index (χ3v) is 2.92. The van der Waals surface area contributed by atoms with Gasteiger partial charge in [0.15, 0.2) is 0 Å². The van der Waals surface area contributed by atoms with Gasteiger partial charge < -0.3 is 5.32 Å². The maximum absolute atomic E-state index is 12.1. The molecule has 1 heterocycles. The van der Waals surface area contributed by atoms with Crippen molar-refractivity contribution < 1.29 is 13.2 Å². The van der Waals surface area contributed by atoms with Gasteiger partial charge in [0.1, 0.15) is 5.82 Å². The molecule has 0 spiro atoms. The molecule has 1 saturated carbocycles. The molecule has 0 aromatic carbocycles. The second-order valence-electron chi connectivity index (χ2n) is 4.67. The Labute approximate surface area is 104 Å². The van der Waals surface area contributed by atoms with Crippen molar-refractivity contribution in [1.29, 1.82) is 0 Å². The van der Waals surface area contributed by atoms with Gasteiger partial charge in [-0.2, -0.15) is 13.2 Å². The zero-order valence-corrected chi connectivity index (χ0v) is 10.2. The number of aromatic nitrogens is 2. The smallest absolute Gasteiger partial charge is 0.310 e. The molecular formula is C12H16F3N3. The van der Waals surface area contributed by atoms with E-state index in [1.807, 2.05) is 6.92 Å². The zero-order valence-electron chi connectivity index (χ0n) is 10.2. The van der Waals surface area contributed by atoms with Gasteiger partial charge in [-0.1, -0.05) is 0 Å². The van der Waals surface area contributed by atoms with Crippen LogP contribution in [0.25, 0.3) is 0 Å². The molecule has 0 saturated heterocycles. The first-order valence-electron chi connectivity index (χ1n) is 6.05. The standard InChI is InChI=1S/C12H16F3N3/c1-8-9(6-16-10-2-3-10)7-17-11(18-8)4-5-12(13,14)15/h7,10,16H,2-6H2,1H3. The van der Waals surface area contributed by atoms with Crippen molar-refractivity contribution in [2.75, 3.05) is 0 Å². The molecule has 1 aromatic rings. The Morgan fingerprint density at radius 1 is 1.39 bits per heavy atom. The fraction of sp³-hybridized carbons (Fsp3) is 0.667. The number of halogens is 3. The lowest BCUT2D eigenvalue weighted by Gasteiger charge is -2.09. The molecule has 0 amide bonds. The van der Waals surface area contributed by atoms with E-state index in [4.69, 9.17) is 0 Å². The number of nitrogens with one attached hydrogen (secondary N) is 1. The van der Waals surface area contributed by atoms with Crippen LogP contribution in [0.2, 0.25) is 0 Å². The van der Waals surface area contributed by atoms with Crippen LogP contribution in [0.15, 0.2) is 6.20 Å². The summed E-state index contributed by atoms with van der Waals surface area (Å²) in [6.07, 6.45) is -1.15. The van der Waals surface area contributed by atoms with Gasteiger partial charge >= 0.3 is 6.18 Å². The van der Waals surface area contributed by atoms with Crippen LogP contribution >= 0.6 is 0 Å². The molecule has 0 atom stereocenters. The van der Waals surface area contributed by atoms with E-state index in [1.165, 1.54) is 12.8 Å². The second kappa shape index (κ2) is 5.22. The lowest BCUT2D eigenvalue weighted by Crippen LogP contribution is -2.17. The van der Waals surface area contributed by atoms with Crippen LogP contribution in [0.3, 0.4) is 0 Å². The quantitative estimate of drug-likeness (QED) is 0.883. The molecular weight excluding hydrogens is 243 g/mol. The normalized spacial score (nSPS) is 16.0. The van der Waals surface area contributed by atoms with Crippen LogP contribution in [0, 0.1) is 6.92 Å². The van der Waals surface area contributed by atoms with Crippen LogP contribution in [0.5, 0.6) is 0 Å². The first-order valence-corrected chi connectivity index (χ1v) is 6.05. The highest BCUT2D eigenvalue weighted by atomic mass is 19.4. The van der Waals surface area contributed by atoms with Crippen LogP contribution < -0.4 is 5.32 Å². The molecule has 1 aliphatic rings. The first kappa shape index (κ1) is 13.3. The molecule has 1 fully saturated rings. The maximum atomic E-state index is 12.1. The lowest BCUT2D eigenvalue weighted by molar-refractivity contribution is -0.134. The van der Waals surface area contributed by atoms with Crippen LogP contribution in [0.1, 0.15) is 36.3 Å². The molecule has 100 valence electrons. The highest BCUT2D eigenvalue weighted by molar-refractivity contribution is 5.16. The minimum Gasteiger partial charge on any atom is -0.310 e. The molecule has 18 heavy (non-hydrogen) atoms. The monoisotopic (exact) mass is 259 g/mol. The topological polar surface area (TPSA) is 37.8 Å². The van der Waals surface area contributed by atoms with Crippen LogP contribution in [-0.4, -0.2) is 22.2 Å². The van der Waals surface area contributed by atoms with E-state index in [0.29, 0.717) is 12.6 Å². The van der Waals surface area contributed by atoms with Crippen molar-refractivity contribution in [3.05, 3.63) is 23.3 Å². The number of nitrogens with zero attached hydrogens (tertiary/aromatic N) is 2. The fourth-order valence-corrected chi connectivity index (χ4v) is 1.63. The Hall–Kier alpha value is -1.17. The highest BCUT2D eigenvalue weighted by Gasteiger charge is 2.27. The molecule has 0 unspecified atom stereocenters. The minimum atomic E-state index is -4.15. The molecule has 0 radical (unpaired) electrons. The molecule has 0 bridgehead atoms. The van der Waals surface area contributed by atoms with Crippen LogP contribution in [0.4, 0.5) is 13.2 Å². The predicted molar refractivity (Wildman–Crippen MR) is 61.0 cm³/mol. The van der Waals surface area contributed by atoms with Gasteiger partial charge in [-0.25, -0.2) is 9.97 Å². The third-order valence-electron chi connectivity index (χ3n) is 2.92. The molecule has 3 nitrogen and oxygen atoms in total. The predicted octanol–water partition coefficient (Wildman–Crippen LogP) is 2.53. The Balaban J connectivity index is 1.91. The van der Waals surface area contributed by atoms with E-state index in [1.54, 1.807) is 6.20 Å². The van der Waals surface area contributed by atoms with Crippen molar-refractivity contribution >= 4 is 0 Å². The number of hydrogen-bond donors (Lipinski definition) is 1. The number of aryl methyl sites for hydroxylation is 2. The van der Waals surface area contributed by atoms with Gasteiger partial charge in [0.05, 0.1) is 6.42 Å². The SMILES string of the molecule is Cc1nc(CCC(F)(F)F)ncc1CNC1CC1. The minimum absolute atomic E-state index is 0.152. The highest BCUT2D eigenvalue weighted by Crippen LogP contribution is 2.22. The summed E-state index contributed by atoms with van der Waals surface area (Å²) in [6, 6.07) is 0.592. The molecule has 2 rings (SSSR count). The van der Waals surface area contributed by atoms with Gasteiger partial charge in [-0.3, -0.25) is 0 Å². The average Bonchev–Trinajstić information content (AvgIpc) is 3.08. The largest absolute Gasteiger partial charge is 0.389 e. The Kier molecular flexibility index (Phi) is 3.85. The molecule has 0 aliphatic heterocycles. The summed E-state index contributed by atoms with van der Waals surface area (Å²) in [5, 5.41) is 3.33. The van der Waals surface area contributed by atoms with E-state index in [-0.39, 0.29) is 12.2 Å². The summed E-state index contributed by atoms with van der Waals surface area (Å²) in [5.41, 5.74) is 1.72. The fourth-order valence-electron chi connectivity index (χ4n) is 1.63. The zero-order chi connectivity index (χ0) is 13.2. The summed E-state index contributed by atoms with van der Waals surface area (Å²) >= 11 is 0. The van der Waals surface area contributed by atoms with Gasteiger partial charge in [0.25, 0.3) is 0 Å². The first-order chi connectivity index (χ1) is 8.44. The Morgan fingerprint density at radius 2 is 2.11 bits per heavy atom. The third kappa shape index (κ3) is 4.25. The van der Waals surface area contributed by atoms with E-state index < -0.39 is 12.6 Å². The molecule has 1 aromatic heterocycles. The van der Waals surface area contributed by atoms with Gasteiger partial charge in [0.2, 0.25) is 0 Å². The second-order valence-corrected chi connectivity index (χ2v) is 4.67. The van der Waals surface area contributed by atoms with E-state index in [2.05, 4.69) is 15.3 Å². The Bertz CT molecular complexity index is 414. The maximum Gasteiger partial charge on any atom is 0.389 e. The van der Waals surface area contributed by atoms with Crippen molar-refractivity contribution in [1.82, 2.24) is 15.3 Å². The van der Waals surface area contributed by atoms with Gasteiger partial charge in [-0.05, 0) is 19.8 Å². The van der Waals surface area contributed by atoms with Gasteiger partial charge in [-0.15, -0.1) is 0 Å². The Morgan fingerprint density at radius 3 is 2.67 bits per heavy atom. The average molecular weight is 259 g/mol.